The Morgan fingerprint density at radius 3 is 2.63 bits per heavy atom. The molecule has 0 bridgehead atoms. The van der Waals surface area contributed by atoms with Gasteiger partial charge in [-0.1, -0.05) is 26.0 Å². The normalized spacial score (nSPS) is 11.2. The molecule has 2 N–H and O–H groups in total. The summed E-state index contributed by atoms with van der Waals surface area (Å²) in [5, 5.41) is 12.7. The lowest BCUT2D eigenvalue weighted by Crippen LogP contribution is -2.43. The van der Waals surface area contributed by atoms with Crippen molar-refractivity contribution in [3.63, 3.8) is 0 Å². The fourth-order valence-corrected chi connectivity index (χ4v) is 1.67. The van der Waals surface area contributed by atoms with Gasteiger partial charge in [0.05, 0.1) is 5.60 Å². The van der Waals surface area contributed by atoms with Gasteiger partial charge in [0.2, 0.25) is 0 Å². The van der Waals surface area contributed by atoms with Crippen molar-refractivity contribution in [1.82, 2.24) is 5.32 Å². The molecule has 0 atom stereocenters. The summed E-state index contributed by atoms with van der Waals surface area (Å²) in [5.74, 6) is 0.457. The Bertz CT molecular complexity index is 414. The summed E-state index contributed by atoms with van der Waals surface area (Å²) >= 11 is 0. The fourth-order valence-electron chi connectivity index (χ4n) is 1.67. The quantitative estimate of drug-likeness (QED) is 0.793. The Balaban J connectivity index is 2.36. The Hall–Kier alpha value is -1.55. The van der Waals surface area contributed by atoms with E-state index in [-0.39, 0.29) is 19.1 Å². The maximum absolute atomic E-state index is 11.6. The standard InChI is InChI=1S/C15H23NO3/c1-4-15(18,5-2)11-16-14(17)10-19-13-8-6-7-12(3)9-13/h6-9,18H,4-5,10-11H2,1-3H3,(H,16,17). The highest BCUT2D eigenvalue weighted by atomic mass is 16.5. The van der Waals surface area contributed by atoms with Crippen LogP contribution in [0.5, 0.6) is 5.75 Å². The second-order valence-electron chi connectivity index (χ2n) is 4.81. The first-order valence-corrected chi connectivity index (χ1v) is 6.67. The summed E-state index contributed by atoms with van der Waals surface area (Å²) < 4.78 is 5.39. The van der Waals surface area contributed by atoms with E-state index in [0.29, 0.717) is 18.6 Å². The summed E-state index contributed by atoms with van der Waals surface area (Å²) in [6.07, 6.45) is 1.23. The molecule has 4 nitrogen and oxygen atoms in total. The summed E-state index contributed by atoms with van der Waals surface area (Å²) in [6, 6.07) is 7.54. The number of amides is 1. The zero-order chi connectivity index (χ0) is 14.3. The number of rotatable bonds is 7. The van der Waals surface area contributed by atoms with Crippen LogP contribution < -0.4 is 10.1 Å². The maximum Gasteiger partial charge on any atom is 0.258 e. The van der Waals surface area contributed by atoms with Crippen LogP contribution in [-0.2, 0) is 4.79 Å². The molecule has 0 saturated carbocycles. The zero-order valence-electron chi connectivity index (χ0n) is 11.9. The molecule has 0 aliphatic rings. The van der Waals surface area contributed by atoms with Gasteiger partial charge in [-0.05, 0) is 37.5 Å². The molecule has 106 valence electrons. The average molecular weight is 265 g/mol. The van der Waals surface area contributed by atoms with Crippen molar-refractivity contribution in [3.05, 3.63) is 29.8 Å². The Labute approximate surface area is 114 Å². The predicted molar refractivity (Wildman–Crippen MR) is 75.2 cm³/mol. The lowest BCUT2D eigenvalue weighted by molar-refractivity contribution is -0.124. The van der Waals surface area contributed by atoms with E-state index in [1.165, 1.54) is 0 Å². The van der Waals surface area contributed by atoms with Crippen molar-refractivity contribution >= 4 is 5.91 Å². The summed E-state index contributed by atoms with van der Waals surface area (Å²) in [5.41, 5.74) is 0.267. The van der Waals surface area contributed by atoms with E-state index >= 15 is 0 Å². The third-order valence-electron chi connectivity index (χ3n) is 3.29. The van der Waals surface area contributed by atoms with Crippen LogP contribution in [0.25, 0.3) is 0 Å². The van der Waals surface area contributed by atoms with E-state index in [4.69, 9.17) is 4.74 Å². The molecule has 0 heterocycles. The van der Waals surface area contributed by atoms with E-state index < -0.39 is 5.60 Å². The van der Waals surface area contributed by atoms with Crippen molar-refractivity contribution < 1.29 is 14.6 Å². The average Bonchev–Trinajstić information content (AvgIpc) is 2.42. The molecule has 1 aromatic rings. The number of hydrogen-bond acceptors (Lipinski definition) is 3. The molecule has 1 rings (SSSR count). The predicted octanol–water partition coefficient (Wildman–Crippen LogP) is 2.04. The van der Waals surface area contributed by atoms with Gasteiger partial charge in [0.15, 0.2) is 6.61 Å². The number of hydrogen-bond donors (Lipinski definition) is 2. The van der Waals surface area contributed by atoms with Gasteiger partial charge in [-0.25, -0.2) is 0 Å². The highest BCUT2D eigenvalue weighted by molar-refractivity contribution is 5.77. The lowest BCUT2D eigenvalue weighted by atomic mass is 9.98. The van der Waals surface area contributed by atoms with Crippen molar-refractivity contribution in [3.8, 4) is 5.75 Å². The van der Waals surface area contributed by atoms with Gasteiger partial charge < -0.3 is 15.2 Å². The molecule has 0 spiro atoms. The van der Waals surface area contributed by atoms with Crippen LogP contribution >= 0.6 is 0 Å². The van der Waals surface area contributed by atoms with Gasteiger partial charge in [0.1, 0.15) is 5.75 Å². The molecule has 1 aromatic carbocycles. The van der Waals surface area contributed by atoms with Gasteiger partial charge in [-0.3, -0.25) is 4.79 Å². The number of carbonyl (C=O) groups is 1. The highest BCUT2D eigenvalue weighted by Crippen LogP contribution is 2.13. The van der Waals surface area contributed by atoms with Gasteiger partial charge in [0, 0.05) is 6.54 Å². The second kappa shape index (κ2) is 7.14. The number of aryl methyl sites for hydroxylation is 1. The number of ether oxygens (including phenoxy) is 1. The highest BCUT2D eigenvalue weighted by Gasteiger charge is 2.22. The van der Waals surface area contributed by atoms with Crippen molar-refractivity contribution in [2.75, 3.05) is 13.2 Å². The molecule has 0 fully saturated rings. The van der Waals surface area contributed by atoms with E-state index in [0.717, 1.165) is 5.56 Å². The topological polar surface area (TPSA) is 58.6 Å². The fraction of sp³-hybridized carbons (Fsp3) is 0.533. The van der Waals surface area contributed by atoms with Crippen LogP contribution in [0.3, 0.4) is 0 Å². The number of carbonyl (C=O) groups excluding carboxylic acids is 1. The molecular formula is C15H23NO3. The molecule has 0 unspecified atom stereocenters. The zero-order valence-corrected chi connectivity index (χ0v) is 11.9. The van der Waals surface area contributed by atoms with Crippen LogP contribution in [0.4, 0.5) is 0 Å². The Kier molecular flexibility index (Phi) is 5.83. The minimum absolute atomic E-state index is 0.0348. The van der Waals surface area contributed by atoms with E-state index in [9.17, 15) is 9.90 Å². The first-order chi connectivity index (χ1) is 8.99. The third kappa shape index (κ3) is 5.30. The maximum atomic E-state index is 11.6. The molecule has 19 heavy (non-hydrogen) atoms. The molecule has 0 radical (unpaired) electrons. The number of nitrogens with one attached hydrogen (secondary N) is 1. The third-order valence-corrected chi connectivity index (χ3v) is 3.29. The minimum Gasteiger partial charge on any atom is -0.484 e. The van der Waals surface area contributed by atoms with E-state index in [1.54, 1.807) is 0 Å². The minimum atomic E-state index is -0.820. The Morgan fingerprint density at radius 2 is 2.05 bits per heavy atom. The van der Waals surface area contributed by atoms with Gasteiger partial charge in [-0.15, -0.1) is 0 Å². The molecule has 0 saturated heterocycles. The smallest absolute Gasteiger partial charge is 0.258 e. The summed E-state index contributed by atoms with van der Waals surface area (Å²) in [4.78, 5) is 11.6. The lowest BCUT2D eigenvalue weighted by Gasteiger charge is -2.25. The molecule has 0 aliphatic carbocycles. The van der Waals surface area contributed by atoms with E-state index in [1.807, 2.05) is 45.0 Å². The molecule has 4 heteroatoms. The van der Waals surface area contributed by atoms with Crippen molar-refractivity contribution in [2.45, 2.75) is 39.2 Å². The van der Waals surface area contributed by atoms with Gasteiger partial charge in [0.25, 0.3) is 5.91 Å². The Morgan fingerprint density at radius 1 is 1.37 bits per heavy atom. The van der Waals surface area contributed by atoms with Crippen LogP contribution in [0, 0.1) is 6.92 Å². The number of benzene rings is 1. The molecular weight excluding hydrogens is 242 g/mol. The van der Waals surface area contributed by atoms with Crippen LogP contribution in [0.2, 0.25) is 0 Å². The molecule has 0 aromatic heterocycles. The molecule has 1 amide bonds. The summed E-state index contributed by atoms with van der Waals surface area (Å²) in [7, 11) is 0. The second-order valence-corrected chi connectivity index (χ2v) is 4.81. The van der Waals surface area contributed by atoms with Gasteiger partial charge in [-0.2, -0.15) is 0 Å². The van der Waals surface area contributed by atoms with Crippen molar-refractivity contribution in [1.29, 1.82) is 0 Å². The monoisotopic (exact) mass is 265 g/mol. The van der Waals surface area contributed by atoms with Crippen LogP contribution in [0.15, 0.2) is 24.3 Å². The largest absolute Gasteiger partial charge is 0.484 e. The summed E-state index contributed by atoms with van der Waals surface area (Å²) in [6.45, 7) is 6.00. The first kappa shape index (κ1) is 15.5. The molecule has 0 aliphatic heterocycles. The first-order valence-electron chi connectivity index (χ1n) is 6.67. The SMILES string of the molecule is CCC(O)(CC)CNC(=O)COc1cccc(C)c1. The van der Waals surface area contributed by atoms with E-state index in [2.05, 4.69) is 5.32 Å². The van der Waals surface area contributed by atoms with Crippen molar-refractivity contribution in [2.24, 2.45) is 0 Å². The van der Waals surface area contributed by atoms with Crippen LogP contribution in [-0.4, -0.2) is 29.8 Å². The number of aliphatic hydroxyl groups is 1. The van der Waals surface area contributed by atoms with Gasteiger partial charge >= 0.3 is 0 Å². The van der Waals surface area contributed by atoms with Crippen LogP contribution in [0.1, 0.15) is 32.3 Å².